The van der Waals surface area contributed by atoms with Gasteiger partial charge >= 0.3 is 5.97 Å². The fraction of sp³-hybridized carbons (Fsp3) is 0.727. The van der Waals surface area contributed by atoms with Crippen molar-refractivity contribution in [2.75, 3.05) is 20.2 Å². The molecule has 0 aliphatic carbocycles. The normalized spacial score (nSPS) is 19.6. The molecule has 6 nitrogen and oxygen atoms in total. The monoisotopic (exact) mass is 242 g/mol. The molecule has 0 spiro atoms. The molecule has 0 aromatic rings. The van der Waals surface area contributed by atoms with Crippen LogP contribution in [0.15, 0.2) is 0 Å². The van der Waals surface area contributed by atoms with Crippen LogP contribution >= 0.6 is 0 Å². The second kappa shape index (κ2) is 6.22. The predicted octanol–water partition coefficient (Wildman–Crippen LogP) is -0.323. The van der Waals surface area contributed by atoms with Gasteiger partial charge in [0, 0.05) is 13.5 Å². The Hall–Kier alpha value is -1.59. The van der Waals surface area contributed by atoms with Crippen molar-refractivity contribution in [2.24, 2.45) is 0 Å². The number of carbonyl (C=O) groups excluding carboxylic acids is 3. The number of likely N-dealkylation sites (tertiary alicyclic amines) is 1. The number of esters is 1. The summed E-state index contributed by atoms with van der Waals surface area (Å²) >= 11 is 0. The predicted molar refractivity (Wildman–Crippen MR) is 60.1 cm³/mol. The van der Waals surface area contributed by atoms with Gasteiger partial charge in [-0.25, -0.2) is 4.79 Å². The highest BCUT2D eigenvalue weighted by Gasteiger charge is 2.32. The van der Waals surface area contributed by atoms with Crippen molar-refractivity contribution in [1.82, 2.24) is 10.2 Å². The van der Waals surface area contributed by atoms with E-state index in [0.29, 0.717) is 13.0 Å². The van der Waals surface area contributed by atoms with E-state index in [4.69, 9.17) is 0 Å². The number of hydrogen-bond acceptors (Lipinski definition) is 4. The van der Waals surface area contributed by atoms with E-state index >= 15 is 0 Å². The first-order chi connectivity index (χ1) is 8.06. The van der Waals surface area contributed by atoms with E-state index in [1.165, 1.54) is 18.9 Å². The molecule has 1 saturated heterocycles. The van der Waals surface area contributed by atoms with E-state index in [1.807, 2.05) is 0 Å². The lowest BCUT2D eigenvalue weighted by Gasteiger charge is -2.33. The minimum absolute atomic E-state index is 0.0666. The Morgan fingerprint density at radius 1 is 1.35 bits per heavy atom. The Bertz CT molecular complexity index is 317. The largest absolute Gasteiger partial charge is 0.467 e. The van der Waals surface area contributed by atoms with Gasteiger partial charge in [-0.2, -0.15) is 0 Å². The molecule has 1 fully saturated rings. The number of hydrogen-bond donors (Lipinski definition) is 1. The second-order valence-electron chi connectivity index (χ2n) is 4.03. The van der Waals surface area contributed by atoms with Gasteiger partial charge in [-0.1, -0.05) is 0 Å². The molecule has 17 heavy (non-hydrogen) atoms. The molecule has 1 unspecified atom stereocenters. The van der Waals surface area contributed by atoms with E-state index in [-0.39, 0.29) is 24.3 Å². The third-order valence-electron chi connectivity index (χ3n) is 2.78. The topological polar surface area (TPSA) is 75.7 Å². The lowest BCUT2D eigenvalue weighted by molar-refractivity contribution is -0.154. The van der Waals surface area contributed by atoms with Crippen LogP contribution in [0.5, 0.6) is 0 Å². The highest BCUT2D eigenvalue weighted by atomic mass is 16.5. The average molecular weight is 242 g/mol. The van der Waals surface area contributed by atoms with Crippen LogP contribution in [0.2, 0.25) is 0 Å². The van der Waals surface area contributed by atoms with Gasteiger partial charge < -0.3 is 15.0 Å². The minimum atomic E-state index is -0.505. The van der Waals surface area contributed by atoms with Crippen LogP contribution in [0.3, 0.4) is 0 Å². The quantitative estimate of drug-likeness (QED) is 0.688. The standard InChI is InChI=1S/C11H18N2O4/c1-8(14)12-7-10(15)13-6-4-3-5-9(13)11(16)17-2/h9H,3-7H2,1-2H3,(H,12,14). The van der Waals surface area contributed by atoms with Gasteiger partial charge in [0.25, 0.3) is 0 Å². The van der Waals surface area contributed by atoms with E-state index in [0.717, 1.165) is 12.8 Å². The molecule has 2 amide bonds. The third-order valence-corrected chi connectivity index (χ3v) is 2.78. The zero-order chi connectivity index (χ0) is 12.8. The van der Waals surface area contributed by atoms with Crippen LogP contribution in [0.4, 0.5) is 0 Å². The molecule has 1 atom stereocenters. The van der Waals surface area contributed by atoms with Crippen molar-refractivity contribution in [2.45, 2.75) is 32.2 Å². The molecule has 1 aliphatic heterocycles. The Labute approximate surface area is 100 Å². The fourth-order valence-electron chi connectivity index (χ4n) is 1.91. The summed E-state index contributed by atoms with van der Waals surface area (Å²) in [5.41, 5.74) is 0. The van der Waals surface area contributed by atoms with Crippen LogP contribution in [-0.4, -0.2) is 48.9 Å². The molecule has 1 rings (SSSR count). The summed E-state index contributed by atoms with van der Waals surface area (Å²) in [5, 5.41) is 2.44. The maximum absolute atomic E-state index is 11.8. The second-order valence-corrected chi connectivity index (χ2v) is 4.03. The number of ether oxygens (including phenoxy) is 1. The number of carbonyl (C=O) groups is 3. The Balaban J connectivity index is 2.60. The van der Waals surface area contributed by atoms with Crippen molar-refractivity contribution < 1.29 is 19.1 Å². The maximum atomic E-state index is 11.8. The van der Waals surface area contributed by atoms with Crippen LogP contribution in [0.1, 0.15) is 26.2 Å². The van der Waals surface area contributed by atoms with Gasteiger partial charge in [-0.05, 0) is 19.3 Å². The Morgan fingerprint density at radius 3 is 2.65 bits per heavy atom. The summed E-state index contributed by atoms with van der Waals surface area (Å²) in [5.74, 6) is -0.888. The lowest BCUT2D eigenvalue weighted by atomic mass is 10.0. The number of piperidine rings is 1. The minimum Gasteiger partial charge on any atom is -0.467 e. The van der Waals surface area contributed by atoms with Crippen LogP contribution in [-0.2, 0) is 19.1 Å². The number of amides is 2. The van der Waals surface area contributed by atoms with Gasteiger partial charge in [-0.3, -0.25) is 9.59 Å². The molecular formula is C11H18N2O4. The first-order valence-electron chi connectivity index (χ1n) is 5.68. The SMILES string of the molecule is COC(=O)C1CCCCN1C(=O)CNC(C)=O. The molecule has 1 aliphatic rings. The Morgan fingerprint density at radius 2 is 2.06 bits per heavy atom. The first kappa shape index (κ1) is 13.5. The number of nitrogens with one attached hydrogen (secondary N) is 1. The highest BCUT2D eigenvalue weighted by Crippen LogP contribution is 2.17. The molecule has 0 radical (unpaired) electrons. The first-order valence-corrected chi connectivity index (χ1v) is 5.68. The van der Waals surface area contributed by atoms with Crippen molar-refractivity contribution in [3.63, 3.8) is 0 Å². The van der Waals surface area contributed by atoms with Gasteiger partial charge in [0.1, 0.15) is 6.04 Å². The van der Waals surface area contributed by atoms with Gasteiger partial charge in [0.15, 0.2) is 0 Å². The molecule has 0 aromatic heterocycles. The molecule has 0 aromatic carbocycles. The molecule has 1 heterocycles. The van der Waals surface area contributed by atoms with E-state index < -0.39 is 6.04 Å². The summed E-state index contributed by atoms with van der Waals surface area (Å²) in [4.78, 5) is 35.6. The maximum Gasteiger partial charge on any atom is 0.328 e. The third kappa shape index (κ3) is 3.72. The van der Waals surface area contributed by atoms with E-state index in [1.54, 1.807) is 0 Å². The molecule has 6 heteroatoms. The van der Waals surface area contributed by atoms with E-state index in [9.17, 15) is 14.4 Å². The van der Waals surface area contributed by atoms with E-state index in [2.05, 4.69) is 10.1 Å². The van der Waals surface area contributed by atoms with Crippen LogP contribution < -0.4 is 5.32 Å². The highest BCUT2D eigenvalue weighted by molar-refractivity contribution is 5.88. The summed E-state index contributed by atoms with van der Waals surface area (Å²) in [6.07, 6.45) is 2.40. The summed E-state index contributed by atoms with van der Waals surface area (Å²) in [6.45, 7) is 1.82. The number of rotatable bonds is 3. The van der Waals surface area contributed by atoms with Crippen molar-refractivity contribution >= 4 is 17.8 Å². The molecule has 0 saturated carbocycles. The fourth-order valence-corrected chi connectivity index (χ4v) is 1.91. The Kier molecular flexibility index (Phi) is 4.93. The van der Waals surface area contributed by atoms with Gasteiger partial charge in [-0.15, -0.1) is 0 Å². The van der Waals surface area contributed by atoms with Crippen LogP contribution in [0.25, 0.3) is 0 Å². The summed E-state index contributed by atoms with van der Waals surface area (Å²) in [6, 6.07) is -0.505. The average Bonchev–Trinajstić information content (AvgIpc) is 2.34. The molecule has 0 bridgehead atoms. The van der Waals surface area contributed by atoms with Crippen LogP contribution in [0, 0.1) is 0 Å². The summed E-state index contributed by atoms with van der Waals surface area (Å²) in [7, 11) is 1.31. The lowest BCUT2D eigenvalue weighted by Crippen LogP contribution is -2.51. The molecule has 96 valence electrons. The van der Waals surface area contributed by atoms with Crippen molar-refractivity contribution in [3.05, 3.63) is 0 Å². The van der Waals surface area contributed by atoms with Gasteiger partial charge in [0.2, 0.25) is 11.8 Å². The van der Waals surface area contributed by atoms with Gasteiger partial charge in [0.05, 0.1) is 13.7 Å². The van der Waals surface area contributed by atoms with Crippen molar-refractivity contribution in [1.29, 1.82) is 0 Å². The number of methoxy groups -OCH3 is 1. The molecule has 1 N–H and O–H groups in total. The molecular weight excluding hydrogens is 224 g/mol. The number of nitrogens with zero attached hydrogens (tertiary/aromatic N) is 1. The summed E-state index contributed by atoms with van der Waals surface area (Å²) < 4.78 is 4.68. The zero-order valence-corrected chi connectivity index (χ0v) is 10.2. The smallest absolute Gasteiger partial charge is 0.328 e. The zero-order valence-electron chi connectivity index (χ0n) is 10.2. The van der Waals surface area contributed by atoms with Crippen molar-refractivity contribution in [3.8, 4) is 0 Å².